The Balaban J connectivity index is 2.32. The number of aryl methyl sites for hydroxylation is 1. The molecule has 3 aromatic rings. The molecule has 0 atom stereocenters. The van der Waals surface area contributed by atoms with Crippen LogP contribution in [0, 0.1) is 0 Å². The van der Waals surface area contributed by atoms with Crippen LogP contribution in [0.4, 0.5) is 0 Å². The maximum atomic E-state index is 12.7. The number of imidazole rings is 1. The van der Waals surface area contributed by atoms with Gasteiger partial charge < -0.3 is 4.98 Å². The van der Waals surface area contributed by atoms with E-state index in [1.165, 1.54) is 9.13 Å². The Morgan fingerprint density at radius 3 is 2.36 bits per heavy atom. The van der Waals surface area contributed by atoms with E-state index in [0.29, 0.717) is 36.5 Å². The number of nitrogens with one attached hydrogen (secondary N) is 1. The first-order valence-electron chi connectivity index (χ1n) is 8.03. The van der Waals surface area contributed by atoms with Crippen LogP contribution in [0.15, 0.2) is 21.7 Å². The Hall–Kier alpha value is -2.12. The van der Waals surface area contributed by atoms with E-state index in [2.05, 4.69) is 15.0 Å². The molecule has 0 bridgehead atoms. The molecule has 0 amide bonds. The van der Waals surface area contributed by atoms with Gasteiger partial charge in [-0.2, -0.15) is 0 Å². The average molecular weight is 382 g/mol. The molecule has 0 aliphatic carbocycles. The number of aromatic amines is 1. The fraction of sp³-hybridized carbons (Fsp3) is 0.375. The number of halogens is 2. The number of fused-ring (bicyclic) bond motifs is 1. The zero-order chi connectivity index (χ0) is 18.1. The lowest BCUT2D eigenvalue weighted by atomic mass is 10.3. The van der Waals surface area contributed by atoms with E-state index in [1.54, 1.807) is 12.1 Å². The topological polar surface area (TPSA) is 85.6 Å². The van der Waals surface area contributed by atoms with E-state index in [0.717, 1.165) is 6.42 Å². The third kappa shape index (κ3) is 3.09. The Bertz CT molecular complexity index is 1050. The fourth-order valence-electron chi connectivity index (χ4n) is 2.73. The molecule has 0 saturated heterocycles. The molecule has 0 spiro atoms. The quantitative estimate of drug-likeness (QED) is 0.688. The summed E-state index contributed by atoms with van der Waals surface area (Å²) in [5.41, 5.74) is 0.387. The summed E-state index contributed by atoms with van der Waals surface area (Å²) in [6, 6.07) is 3.26. The number of rotatable bonds is 5. The van der Waals surface area contributed by atoms with Crippen molar-refractivity contribution in [3.8, 4) is 11.4 Å². The van der Waals surface area contributed by atoms with Gasteiger partial charge in [0.25, 0.3) is 5.56 Å². The van der Waals surface area contributed by atoms with Crippen molar-refractivity contribution in [3.63, 3.8) is 0 Å². The van der Waals surface area contributed by atoms with Crippen molar-refractivity contribution >= 4 is 34.4 Å². The molecule has 3 rings (SSSR count). The second-order valence-corrected chi connectivity index (χ2v) is 6.39. The Morgan fingerprint density at radius 1 is 1.04 bits per heavy atom. The van der Waals surface area contributed by atoms with Gasteiger partial charge in [-0.15, -0.1) is 0 Å². The van der Waals surface area contributed by atoms with E-state index in [-0.39, 0.29) is 27.1 Å². The number of nitrogens with zero attached hydrogens (tertiary/aromatic N) is 4. The number of hydrogen-bond donors (Lipinski definition) is 1. The second-order valence-electron chi connectivity index (χ2n) is 5.65. The van der Waals surface area contributed by atoms with Crippen LogP contribution >= 0.6 is 23.2 Å². The normalized spacial score (nSPS) is 11.4. The Morgan fingerprint density at radius 2 is 1.72 bits per heavy atom. The summed E-state index contributed by atoms with van der Waals surface area (Å²) in [7, 11) is 0. The highest BCUT2D eigenvalue weighted by molar-refractivity contribution is 6.34. The monoisotopic (exact) mass is 381 g/mol. The first kappa shape index (κ1) is 17.7. The lowest BCUT2D eigenvalue weighted by Gasteiger charge is -2.09. The lowest BCUT2D eigenvalue weighted by molar-refractivity contribution is 0.555. The third-order valence-corrected chi connectivity index (χ3v) is 4.32. The number of pyridine rings is 1. The molecule has 132 valence electrons. The summed E-state index contributed by atoms with van der Waals surface area (Å²) < 4.78 is 2.76. The van der Waals surface area contributed by atoms with Gasteiger partial charge in [0.1, 0.15) is 21.6 Å². The standard InChI is InChI=1S/C16H17Cl2N5O2/c1-3-7-22-14-11(15(24)23(8-4-2)16(22)25)20-13(21-14)9-5-6-10(17)19-12(9)18/h5-6H,3-4,7-8H2,1-2H3,(H,20,21). The van der Waals surface area contributed by atoms with Gasteiger partial charge in [-0.25, -0.2) is 14.8 Å². The molecule has 0 aromatic carbocycles. The molecule has 0 fully saturated rings. The van der Waals surface area contributed by atoms with E-state index < -0.39 is 0 Å². The number of H-pyrrole nitrogens is 1. The molecule has 1 N–H and O–H groups in total. The SMILES string of the molecule is CCCn1c(=O)c2[nH]c(-c3ccc(Cl)nc3Cl)nc2n(CCC)c1=O. The molecule has 25 heavy (non-hydrogen) atoms. The predicted octanol–water partition coefficient (Wildman–Crippen LogP) is 3.08. The lowest BCUT2D eigenvalue weighted by Crippen LogP contribution is -2.40. The third-order valence-electron chi connectivity index (χ3n) is 3.83. The van der Waals surface area contributed by atoms with Gasteiger partial charge in [0.15, 0.2) is 5.65 Å². The van der Waals surface area contributed by atoms with Crippen molar-refractivity contribution in [1.29, 1.82) is 0 Å². The smallest absolute Gasteiger partial charge is 0.332 e. The van der Waals surface area contributed by atoms with Gasteiger partial charge in [0, 0.05) is 13.1 Å². The average Bonchev–Trinajstić information content (AvgIpc) is 3.00. The van der Waals surface area contributed by atoms with Crippen LogP contribution in [-0.2, 0) is 13.1 Å². The molecule has 0 aliphatic rings. The predicted molar refractivity (Wildman–Crippen MR) is 98.4 cm³/mol. The largest absolute Gasteiger partial charge is 0.332 e. The van der Waals surface area contributed by atoms with E-state index in [4.69, 9.17) is 23.2 Å². The summed E-state index contributed by atoms with van der Waals surface area (Å²) in [4.78, 5) is 36.8. The van der Waals surface area contributed by atoms with Crippen molar-refractivity contribution in [3.05, 3.63) is 43.3 Å². The van der Waals surface area contributed by atoms with Crippen LogP contribution in [-0.4, -0.2) is 24.1 Å². The van der Waals surface area contributed by atoms with Crippen molar-refractivity contribution < 1.29 is 0 Å². The molecule has 0 aliphatic heterocycles. The van der Waals surface area contributed by atoms with Crippen LogP contribution in [0.3, 0.4) is 0 Å². The summed E-state index contributed by atoms with van der Waals surface area (Å²) in [6.45, 7) is 4.70. The minimum atomic E-state index is -0.383. The summed E-state index contributed by atoms with van der Waals surface area (Å²) in [6.07, 6.45) is 1.42. The van der Waals surface area contributed by atoms with Crippen molar-refractivity contribution in [2.45, 2.75) is 39.8 Å². The van der Waals surface area contributed by atoms with Gasteiger partial charge in [-0.1, -0.05) is 37.0 Å². The van der Waals surface area contributed by atoms with E-state index in [1.807, 2.05) is 13.8 Å². The maximum absolute atomic E-state index is 12.7. The molecular weight excluding hydrogens is 365 g/mol. The van der Waals surface area contributed by atoms with Gasteiger partial charge in [0.05, 0.1) is 5.56 Å². The van der Waals surface area contributed by atoms with Crippen molar-refractivity contribution in [1.82, 2.24) is 24.1 Å². The molecule has 0 radical (unpaired) electrons. The zero-order valence-electron chi connectivity index (χ0n) is 13.8. The molecule has 0 unspecified atom stereocenters. The summed E-state index contributed by atoms with van der Waals surface area (Å²) >= 11 is 12.0. The van der Waals surface area contributed by atoms with Crippen LogP contribution in [0.5, 0.6) is 0 Å². The van der Waals surface area contributed by atoms with Gasteiger partial charge in [-0.05, 0) is 25.0 Å². The van der Waals surface area contributed by atoms with Crippen molar-refractivity contribution in [2.75, 3.05) is 0 Å². The molecule has 0 saturated carbocycles. The highest BCUT2D eigenvalue weighted by atomic mass is 35.5. The van der Waals surface area contributed by atoms with Crippen molar-refractivity contribution in [2.24, 2.45) is 0 Å². The Kier molecular flexibility index (Phi) is 4.96. The highest BCUT2D eigenvalue weighted by Gasteiger charge is 2.18. The fourth-order valence-corrected chi connectivity index (χ4v) is 3.16. The summed E-state index contributed by atoms with van der Waals surface area (Å²) in [5, 5.41) is 0.433. The van der Waals surface area contributed by atoms with E-state index >= 15 is 0 Å². The summed E-state index contributed by atoms with van der Waals surface area (Å²) in [5.74, 6) is 0.375. The molecule has 9 heteroatoms. The van der Waals surface area contributed by atoms with Gasteiger partial charge >= 0.3 is 5.69 Å². The first-order valence-corrected chi connectivity index (χ1v) is 8.79. The first-order chi connectivity index (χ1) is 12.0. The number of hydrogen-bond acceptors (Lipinski definition) is 4. The molecular formula is C16H17Cl2N5O2. The van der Waals surface area contributed by atoms with Crippen LogP contribution < -0.4 is 11.2 Å². The van der Waals surface area contributed by atoms with E-state index in [9.17, 15) is 9.59 Å². The van der Waals surface area contributed by atoms with Crippen LogP contribution in [0.2, 0.25) is 10.3 Å². The van der Waals surface area contributed by atoms with Gasteiger partial charge in [0.2, 0.25) is 0 Å². The zero-order valence-corrected chi connectivity index (χ0v) is 15.4. The highest BCUT2D eigenvalue weighted by Crippen LogP contribution is 2.26. The Labute approximate surface area is 153 Å². The maximum Gasteiger partial charge on any atom is 0.332 e. The van der Waals surface area contributed by atoms with Gasteiger partial charge in [-0.3, -0.25) is 13.9 Å². The molecule has 3 heterocycles. The second kappa shape index (κ2) is 7.01. The molecule has 7 nitrogen and oxygen atoms in total. The number of aromatic nitrogens is 5. The molecule has 3 aromatic heterocycles. The van der Waals surface area contributed by atoms with Crippen LogP contribution in [0.1, 0.15) is 26.7 Å². The minimum absolute atomic E-state index is 0.171. The van der Waals surface area contributed by atoms with Crippen LogP contribution in [0.25, 0.3) is 22.6 Å². The minimum Gasteiger partial charge on any atom is -0.332 e.